The molecule has 28 heavy (non-hydrogen) atoms. The highest BCUT2D eigenvalue weighted by Gasteiger charge is 2.16. The van der Waals surface area contributed by atoms with Crippen molar-refractivity contribution >= 4 is 21.5 Å². The van der Waals surface area contributed by atoms with Gasteiger partial charge in [-0.25, -0.2) is 12.8 Å². The average Bonchev–Trinajstić information content (AvgIpc) is 3.23. The van der Waals surface area contributed by atoms with E-state index >= 15 is 0 Å². The summed E-state index contributed by atoms with van der Waals surface area (Å²) in [6.45, 7) is 1.99. The molecule has 0 radical (unpaired) electrons. The molecule has 0 unspecified atom stereocenters. The molecule has 1 aliphatic heterocycles. The Bertz CT molecular complexity index is 1060. The van der Waals surface area contributed by atoms with Crippen LogP contribution in [0.3, 0.4) is 0 Å². The molecular weight excluding hydrogens is 379 g/mol. The van der Waals surface area contributed by atoms with Crippen molar-refractivity contribution in [2.75, 3.05) is 22.7 Å². The first-order valence-electron chi connectivity index (χ1n) is 8.99. The topological polar surface area (TPSA) is 75.2 Å². The lowest BCUT2D eigenvalue weighted by Gasteiger charge is -2.15. The molecule has 0 bridgehead atoms. The monoisotopic (exact) mass is 398 g/mol. The van der Waals surface area contributed by atoms with Crippen LogP contribution in [0.15, 0.2) is 65.6 Å². The summed E-state index contributed by atoms with van der Waals surface area (Å²) in [4.78, 5) is 2.19. The third-order valence-corrected chi connectivity index (χ3v) is 6.01. The van der Waals surface area contributed by atoms with Crippen molar-refractivity contribution in [1.82, 2.24) is 10.2 Å². The maximum atomic E-state index is 13.0. The van der Waals surface area contributed by atoms with E-state index in [1.54, 1.807) is 18.2 Å². The Morgan fingerprint density at radius 3 is 2.36 bits per heavy atom. The van der Waals surface area contributed by atoms with Crippen LogP contribution in [0.2, 0.25) is 0 Å². The summed E-state index contributed by atoms with van der Waals surface area (Å²) < 4.78 is 40.5. The molecule has 1 fully saturated rings. The van der Waals surface area contributed by atoms with Crippen LogP contribution < -0.4 is 9.62 Å². The van der Waals surface area contributed by atoms with Gasteiger partial charge >= 0.3 is 0 Å². The molecule has 1 aromatic heterocycles. The Morgan fingerprint density at radius 1 is 0.929 bits per heavy atom. The molecule has 8 heteroatoms. The normalized spacial score (nSPS) is 14.2. The van der Waals surface area contributed by atoms with E-state index in [1.165, 1.54) is 25.0 Å². The number of halogens is 1. The van der Waals surface area contributed by atoms with E-state index in [1.807, 2.05) is 18.2 Å². The van der Waals surface area contributed by atoms with Crippen molar-refractivity contribution in [1.29, 1.82) is 0 Å². The van der Waals surface area contributed by atoms with Crippen LogP contribution in [-0.4, -0.2) is 31.7 Å². The predicted molar refractivity (Wildman–Crippen MR) is 106 cm³/mol. The summed E-state index contributed by atoms with van der Waals surface area (Å²) in [6, 6.07) is 15.4. The van der Waals surface area contributed by atoms with Gasteiger partial charge in [-0.15, -0.1) is 10.2 Å². The molecule has 1 saturated heterocycles. The van der Waals surface area contributed by atoms with Crippen LogP contribution in [0, 0.1) is 5.82 Å². The van der Waals surface area contributed by atoms with E-state index < -0.39 is 15.8 Å². The zero-order valence-corrected chi connectivity index (χ0v) is 15.9. The number of benzene rings is 2. The quantitative estimate of drug-likeness (QED) is 0.710. The number of rotatable bonds is 5. The van der Waals surface area contributed by atoms with Crippen LogP contribution in [-0.2, 0) is 10.0 Å². The van der Waals surface area contributed by atoms with Gasteiger partial charge in [0.1, 0.15) is 5.82 Å². The predicted octanol–water partition coefficient (Wildman–Crippen LogP) is 3.68. The van der Waals surface area contributed by atoms with Gasteiger partial charge in [0.05, 0.1) is 10.6 Å². The Labute approximate surface area is 163 Å². The largest absolute Gasteiger partial charge is 0.355 e. The molecular formula is C20H19FN4O2S. The Hall–Kier alpha value is -3.00. The highest BCUT2D eigenvalue weighted by atomic mass is 32.2. The highest BCUT2D eigenvalue weighted by Crippen LogP contribution is 2.24. The van der Waals surface area contributed by atoms with E-state index in [2.05, 4.69) is 19.8 Å². The minimum Gasteiger partial charge on any atom is -0.355 e. The lowest BCUT2D eigenvalue weighted by molar-refractivity contribution is 0.599. The van der Waals surface area contributed by atoms with Crippen LogP contribution in [0.1, 0.15) is 12.8 Å². The maximum absolute atomic E-state index is 13.0. The van der Waals surface area contributed by atoms with Gasteiger partial charge < -0.3 is 4.90 Å². The number of hydrogen-bond donors (Lipinski definition) is 1. The Morgan fingerprint density at radius 2 is 1.68 bits per heavy atom. The minimum absolute atomic E-state index is 0.00550. The first-order valence-corrected chi connectivity index (χ1v) is 10.5. The summed E-state index contributed by atoms with van der Waals surface area (Å²) >= 11 is 0. The van der Waals surface area contributed by atoms with Gasteiger partial charge in [0.15, 0.2) is 5.82 Å². The van der Waals surface area contributed by atoms with Gasteiger partial charge in [-0.2, -0.15) is 0 Å². The first-order chi connectivity index (χ1) is 13.5. The second-order valence-corrected chi connectivity index (χ2v) is 8.29. The lowest BCUT2D eigenvalue weighted by atomic mass is 10.1. The van der Waals surface area contributed by atoms with E-state index in [0.717, 1.165) is 36.6 Å². The standard InChI is InChI=1S/C20H19FN4O2S/c21-16-6-8-18(9-7-16)28(26,27)24-17-5-3-4-15(14-17)19-10-11-20(23-22-19)25-12-1-2-13-25/h3-11,14,24H,1-2,12-13H2. The summed E-state index contributed by atoms with van der Waals surface area (Å²) in [5, 5.41) is 8.59. The van der Waals surface area contributed by atoms with Crippen LogP contribution in [0.4, 0.5) is 15.9 Å². The molecule has 0 saturated carbocycles. The smallest absolute Gasteiger partial charge is 0.261 e. The maximum Gasteiger partial charge on any atom is 0.261 e. The van der Waals surface area contributed by atoms with Gasteiger partial charge in [-0.3, -0.25) is 4.72 Å². The van der Waals surface area contributed by atoms with Crippen LogP contribution >= 0.6 is 0 Å². The second kappa shape index (κ2) is 7.55. The van der Waals surface area contributed by atoms with E-state index in [4.69, 9.17) is 0 Å². The van der Waals surface area contributed by atoms with Crippen molar-refractivity contribution in [3.8, 4) is 11.3 Å². The summed E-state index contributed by atoms with van der Waals surface area (Å²) in [6.07, 6.45) is 2.33. The molecule has 1 aliphatic rings. The summed E-state index contributed by atoms with van der Waals surface area (Å²) in [5.74, 6) is 0.367. The van der Waals surface area contributed by atoms with Crippen molar-refractivity contribution < 1.29 is 12.8 Å². The lowest BCUT2D eigenvalue weighted by Crippen LogP contribution is -2.19. The van der Waals surface area contributed by atoms with Gasteiger partial charge in [0.25, 0.3) is 10.0 Å². The van der Waals surface area contributed by atoms with E-state index in [-0.39, 0.29) is 4.90 Å². The fraction of sp³-hybridized carbons (Fsp3) is 0.200. The third-order valence-electron chi connectivity index (χ3n) is 4.62. The van der Waals surface area contributed by atoms with Crippen molar-refractivity contribution in [3.63, 3.8) is 0 Å². The fourth-order valence-corrected chi connectivity index (χ4v) is 4.21. The first kappa shape index (κ1) is 18.4. The zero-order valence-electron chi connectivity index (χ0n) is 15.0. The Balaban J connectivity index is 1.55. The molecule has 2 aromatic carbocycles. The van der Waals surface area contributed by atoms with Crippen molar-refractivity contribution in [3.05, 3.63) is 66.5 Å². The minimum atomic E-state index is -3.81. The molecule has 3 aromatic rings. The number of anilines is 2. The molecule has 6 nitrogen and oxygen atoms in total. The van der Waals surface area contributed by atoms with Crippen molar-refractivity contribution in [2.45, 2.75) is 17.7 Å². The number of nitrogens with one attached hydrogen (secondary N) is 1. The fourth-order valence-electron chi connectivity index (χ4n) is 3.16. The van der Waals surface area contributed by atoms with Crippen LogP contribution in [0.5, 0.6) is 0 Å². The van der Waals surface area contributed by atoms with Gasteiger partial charge in [-0.05, 0) is 61.4 Å². The number of nitrogens with zero attached hydrogens (tertiary/aromatic N) is 3. The second-order valence-electron chi connectivity index (χ2n) is 6.61. The van der Waals surface area contributed by atoms with Crippen molar-refractivity contribution in [2.24, 2.45) is 0 Å². The molecule has 4 rings (SSSR count). The zero-order chi connectivity index (χ0) is 19.6. The van der Waals surface area contributed by atoms with Gasteiger partial charge in [0.2, 0.25) is 0 Å². The molecule has 2 heterocycles. The highest BCUT2D eigenvalue weighted by molar-refractivity contribution is 7.92. The number of hydrogen-bond acceptors (Lipinski definition) is 5. The van der Waals surface area contributed by atoms with Gasteiger partial charge in [-0.1, -0.05) is 12.1 Å². The number of sulfonamides is 1. The molecule has 0 spiro atoms. The average molecular weight is 398 g/mol. The summed E-state index contributed by atoms with van der Waals surface area (Å²) in [7, 11) is -3.81. The van der Waals surface area contributed by atoms with Crippen LogP contribution in [0.25, 0.3) is 11.3 Å². The van der Waals surface area contributed by atoms with E-state index in [9.17, 15) is 12.8 Å². The van der Waals surface area contributed by atoms with E-state index in [0.29, 0.717) is 11.4 Å². The molecule has 144 valence electrons. The molecule has 1 N–H and O–H groups in total. The number of aromatic nitrogens is 2. The third kappa shape index (κ3) is 3.96. The molecule has 0 atom stereocenters. The molecule has 0 aliphatic carbocycles. The van der Waals surface area contributed by atoms with Gasteiger partial charge in [0, 0.05) is 24.3 Å². The SMILES string of the molecule is O=S(=O)(Nc1cccc(-c2ccc(N3CCCC3)nn2)c1)c1ccc(F)cc1. The molecule has 0 amide bonds. The Kier molecular flexibility index (Phi) is 4.95. The summed E-state index contributed by atoms with van der Waals surface area (Å²) in [5.41, 5.74) is 1.80.